The van der Waals surface area contributed by atoms with E-state index in [1.54, 1.807) is 7.11 Å². The van der Waals surface area contributed by atoms with Crippen LogP contribution < -0.4 is 15.4 Å². The number of carbonyl (C=O) groups is 1. The Morgan fingerprint density at radius 2 is 1.65 bits per heavy atom. The maximum Gasteiger partial charge on any atom is 0.234 e. The number of nitrogens with one attached hydrogen (secondary N) is 2. The third-order valence-electron chi connectivity index (χ3n) is 5.27. The molecule has 1 heterocycles. The van der Waals surface area contributed by atoms with Gasteiger partial charge in [-0.2, -0.15) is 0 Å². The average molecular weight is 474 g/mol. The number of para-hydroxylation sites is 1. The SMILES string of the molecule is COc1ccc(NC(=O)CSc2nnc(CNc3ccc(C)cc3)n2-c2ccccc2C)cc1. The maximum absolute atomic E-state index is 12.6. The van der Waals surface area contributed by atoms with Gasteiger partial charge in [-0.3, -0.25) is 9.36 Å². The molecule has 174 valence electrons. The fourth-order valence-corrected chi connectivity index (χ4v) is 4.18. The van der Waals surface area contributed by atoms with Crippen LogP contribution in [0.5, 0.6) is 5.75 Å². The smallest absolute Gasteiger partial charge is 0.234 e. The van der Waals surface area contributed by atoms with Crippen molar-refractivity contribution in [1.82, 2.24) is 14.8 Å². The number of thioether (sulfide) groups is 1. The third kappa shape index (κ3) is 5.77. The first-order valence-electron chi connectivity index (χ1n) is 10.9. The molecule has 7 nitrogen and oxygen atoms in total. The lowest BCUT2D eigenvalue weighted by molar-refractivity contribution is -0.113. The van der Waals surface area contributed by atoms with Crippen molar-refractivity contribution in [1.29, 1.82) is 0 Å². The summed E-state index contributed by atoms with van der Waals surface area (Å²) in [5.41, 5.74) is 5.03. The molecule has 1 aromatic heterocycles. The quantitative estimate of drug-likeness (QED) is 0.324. The number of anilines is 2. The minimum atomic E-state index is -0.117. The van der Waals surface area contributed by atoms with Gasteiger partial charge in [-0.15, -0.1) is 10.2 Å². The van der Waals surface area contributed by atoms with E-state index in [4.69, 9.17) is 4.74 Å². The molecule has 0 saturated heterocycles. The predicted octanol–water partition coefficient (Wildman–Crippen LogP) is 5.24. The molecule has 0 aliphatic rings. The highest BCUT2D eigenvalue weighted by atomic mass is 32.2. The van der Waals surface area contributed by atoms with E-state index >= 15 is 0 Å². The average Bonchev–Trinajstić information content (AvgIpc) is 3.25. The molecule has 0 aliphatic heterocycles. The van der Waals surface area contributed by atoms with Gasteiger partial charge in [-0.1, -0.05) is 47.7 Å². The Labute approximate surface area is 203 Å². The normalized spacial score (nSPS) is 10.7. The number of methoxy groups -OCH3 is 1. The molecule has 0 spiro atoms. The zero-order chi connectivity index (χ0) is 23.9. The van der Waals surface area contributed by atoms with E-state index in [0.29, 0.717) is 11.7 Å². The molecule has 4 aromatic rings. The van der Waals surface area contributed by atoms with Crippen molar-refractivity contribution < 1.29 is 9.53 Å². The predicted molar refractivity (Wildman–Crippen MR) is 137 cm³/mol. The number of rotatable bonds is 9. The molecule has 0 saturated carbocycles. The number of hydrogen-bond acceptors (Lipinski definition) is 6. The largest absolute Gasteiger partial charge is 0.497 e. The Balaban J connectivity index is 1.50. The van der Waals surface area contributed by atoms with Gasteiger partial charge in [-0.05, 0) is 61.9 Å². The van der Waals surface area contributed by atoms with Crippen LogP contribution in [0, 0.1) is 13.8 Å². The number of hydrogen-bond donors (Lipinski definition) is 2. The van der Waals surface area contributed by atoms with E-state index < -0.39 is 0 Å². The molecular formula is C26H27N5O2S. The molecule has 0 fully saturated rings. The number of amides is 1. The summed E-state index contributed by atoms with van der Waals surface area (Å²) in [6, 6.07) is 23.5. The maximum atomic E-state index is 12.6. The first-order valence-corrected chi connectivity index (χ1v) is 11.9. The lowest BCUT2D eigenvalue weighted by Crippen LogP contribution is -2.15. The van der Waals surface area contributed by atoms with Gasteiger partial charge in [0.25, 0.3) is 0 Å². The molecule has 0 bridgehead atoms. The van der Waals surface area contributed by atoms with Crippen LogP contribution in [0.15, 0.2) is 78.0 Å². The summed E-state index contributed by atoms with van der Waals surface area (Å²) in [4.78, 5) is 12.6. The van der Waals surface area contributed by atoms with Gasteiger partial charge in [0.05, 0.1) is 25.1 Å². The van der Waals surface area contributed by atoms with Crippen LogP contribution in [0.4, 0.5) is 11.4 Å². The van der Waals surface area contributed by atoms with Gasteiger partial charge in [0.2, 0.25) is 5.91 Å². The highest BCUT2D eigenvalue weighted by molar-refractivity contribution is 7.99. The molecule has 8 heteroatoms. The van der Waals surface area contributed by atoms with Crippen LogP contribution >= 0.6 is 11.8 Å². The standard InChI is InChI=1S/C26H27N5O2S/c1-18-8-10-20(11-9-18)27-16-24-29-30-26(31(24)23-7-5-4-6-19(23)2)34-17-25(32)28-21-12-14-22(33-3)15-13-21/h4-15,27H,16-17H2,1-3H3,(H,28,32). The monoisotopic (exact) mass is 473 g/mol. The summed E-state index contributed by atoms with van der Waals surface area (Å²) >= 11 is 1.35. The highest BCUT2D eigenvalue weighted by Crippen LogP contribution is 2.25. The van der Waals surface area contributed by atoms with E-state index in [1.165, 1.54) is 17.3 Å². The van der Waals surface area contributed by atoms with Crippen molar-refractivity contribution >= 4 is 29.0 Å². The molecule has 0 radical (unpaired) electrons. The third-order valence-corrected chi connectivity index (χ3v) is 6.19. The first-order chi connectivity index (χ1) is 16.5. The Hall–Kier alpha value is -3.78. The molecule has 1 amide bonds. The highest BCUT2D eigenvalue weighted by Gasteiger charge is 2.17. The summed E-state index contributed by atoms with van der Waals surface area (Å²) in [7, 11) is 1.61. The van der Waals surface area contributed by atoms with E-state index in [2.05, 4.69) is 52.9 Å². The number of nitrogens with zero attached hydrogens (tertiary/aromatic N) is 3. The zero-order valence-electron chi connectivity index (χ0n) is 19.4. The summed E-state index contributed by atoms with van der Waals surface area (Å²) in [5, 5.41) is 15.8. The lowest BCUT2D eigenvalue weighted by Gasteiger charge is -2.14. The van der Waals surface area contributed by atoms with Crippen LogP contribution in [0.1, 0.15) is 17.0 Å². The van der Waals surface area contributed by atoms with E-state index in [1.807, 2.05) is 59.2 Å². The molecule has 0 atom stereocenters. The topological polar surface area (TPSA) is 81.1 Å². The fraction of sp³-hybridized carbons (Fsp3) is 0.192. The van der Waals surface area contributed by atoms with Gasteiger partial charge in [0, 0.05) is 11.4 Å². The second-order valence-electron chi connectivity index (χ2n) is 7.81. The molecule has 4 rings (SSSR count). The Bertz CT molecular complexity index is 1250. The molecule has 0 unspecified atom stereocenters. The Morgan fingerprint density at radius 3 is 2.35 bits per heavy atom. The second-order valence-corrected chi connectivity index (χ2v) is 8.75. The Kier molecular flexibility index (Phi) is 7.49. The van der Waals surface area contributed by atoms with Crippen LogP contribution in [-0.4, -0.2) is 33.5 Å². The van der Waals surface area contributed by atoms with Gasteiger partial charge in [0.15, 0.2) is 11.0 Å². The van der Waals surface area contributed by atoms with Gasteiger partial charge in [-0.25, -0.2) is 0 Å². The van der Waals surface area contributed by atoms with Crippen molar-refractivity contribution in [2.75, 3.05) is 23.5 Å². The van der Waals surface area contributed by atoms with Crippen molar-refractivity contribution in [2.24, 2.45) is 0 Å². The van der Waals surface area contributed by atoms with Gasteiger partial charge in [0.1, 0.15) is 5.75 Å². The number of benzene rings is 3. The number of ether oxygens (including phenoxy) is 1. The number of carbonyl (C=O) groups excluding carboxylic acids is 1. The van der Waals surface area contributed by atoms with E-state index in [0.717, 1.165) is 34.2 Å². The van der Waals surface area contributed by atoms with Crippen LogP contribution in [0.3, 0.4) is 0 Å². The molecule has 3 aromatic carbocycles. The molecule has 34 heavy (non-hydrogen) atoms. The minimum Gasteiger partial charge on any atom is -0.497 e. The van der Waals surface area contributed by atoms with Crippen molar-refractivity contribution in [2.45, 2.75) is 25.5 Å². The first kappa shape index (κ1) is 23.4. The Morgan fingerprint density at radius 1 is 0.941 bits per heavy atom. The summed E-state index contributed by atoms with van der Waals surface area (Å²) in [5.74, 6) is 1.61. The number of aromatic nitrogens is 3. The van der Waals surface area contributed by atoms with E-state index in [-0.39, 0.29) is 11.7 Å². The van der Waals surface area contributed by atoms with Gasteiger partial charge >= 0.3 is 0 Å². The lowest BCUT2D eigenvalue weighted by atomic mass is 10.2. The second kappa shape index (κ2) is 10.9. The van der Waals surface area contributed by atoms with E-state index in [9.17, 15) is 4.79 Å². The van der Waals surface area contributed by atoms with Gasteiger partial charge < -0.3 is 15.4 Å². The molecule has 2 N–H and O–H groups in total. The molecule has 0 aliphatic carbocycles. The van der Waals surface area contributed by atoms with Crippen molar-refractivity contribution in [3.63, 3.8) is 0 Å². The van der Waals surface area contributed by atoms with Crippen molar-refractivity contribution in [3.8, 4) is 11.4 Å². The minimum absolute atomic E-state index is 0.117. The zero-order valence-corrected chi connectivity index (χ0v) is 20.2. The van der Waals surface area contributed by atoms with Crippen LogP contribution in [-0.2, 0) is 11.3 Å². The van der Waals surface area contributed by atoms with Crippen LogP contribution in [0.2, 0.25) is 0 Å². The van der Waals surface area contributed by atoms with Crippen LogP contribution in [0.25, 0.3) is 5.69 Å². The van der Waals surface area contributed by atoms with Crippen molar-refractivity contribution in [3.05, 3.63) is 89.7 Å². The summed E-state index contributed by atoms with van der Waals surface area (Å²) in [6.45, 7) is 4.62. The number of aryl methyl sites for hydroxylation is 2. The summed E-state index contributed by atoms with van der Waals surface area (Å²) in [6.07, 6.45) is 0. The molecular weight excluding hydrogens is 446 g/mol. The fourth-order valence-electron chi connectivity index (χ4n) is 3.42. The summed E-state index contributed by atoms with van der Waals surface area (Å²) < 4.78 is 7.18.